The van der Waals surface area contributed by atoms with E-state index < -0.39 is 11.7 Å². The van der Waals surface area contributed by atoms with E-state index in [1.165, 1.54) is 31.6 Å². The van der Waals surface area contributed by atoms with Gasteiger partial charge < -0.3 is 10.1 Å². The summed E-state index contributed by atoms with van der Waals surface area (Å²) in [5.74, 6) is -0.761. The Morgan fingerprint density at radius 2 is 2.26 bits per heavy atom. The predicted molar refractivity (Wildman–Crippen MR) is 66.2 cm³/mol. The zero-order valence-electron chi connectivity index (χ0n) is 10.3. The molecule has 5 nitrogen and oxygen atoms in total. The van der Waals surface area contributed by atoms with E-state index in [9.17, 15) is 9.18 Å². The van der Waals surface area contributed by atoms with Crippen LogP contribution in [0.4, 0.5) is 4.39 Å². The van der Waals surface area contributed by atoms with Gasteiger partial charge in [0.1, 0.15) is 17.9 Å². The second kappa shape index (κ2) is 5.90. The Morgan fingerprint density at radius 3 is 2.89 bits per heavy atom. The maximum absolute atomic E-state index is 13.6. The largest absolute Gasteiger partial charge is 0.497 e. The van der Waals surface area contributed by atoms with Gasteiger partial charge in [0.25, 0.3) is 5.91 Å². The molecule has 0 fully saturated rings. The molecule has 1 heterocycles. The van der Waals surface area contributed by atoms with Gasteiger partial charge in [0, 0.05) is 12.3 Å². The van der Waals surface area contributed by atoms with Gasteiger partial charge in [-0.3, -0.25) is 4.79 Å². The van der Waals surface area contributed by atoms with Crippen LogP contribution in [0.1, 0.15) is 16.1 Å². The lowest BCUT2D eigenvalue weighted by Gasteiger charge is -2.07. The van der Waals surface area contributed by atoms with Crippen LogP contribution in [-0.2, 0) is 6.54 Å². The van der Waals surface area contributed by atoms with Crippen molar-refractivity contribution >= 4 is 5.91 Å². The number of halogens is 1. The summed E-state index contributed by atoms with van der Waals surface area (Å²) in [4.78, 5) is 19.5. The van der Waals surface area contributed by atoms with Crippen molar-refractivity contribution in [3.05, 3.63) is 53.9 Å². The minimum absolute atomic E-state index is 0.0325. The van der Waals surface area contributed by atoms with E-state index in [1.807, 2.05) is 0 Å². The van der Waals surface area contributed by atoms with Crippen molar-refractivity contribution in [2.24, 2.45) is 0 Å². The Hall–Kier alpha value is -2.50. The number of aromatic nitrogens is 2. The summed E-state index contributed by atoms with van der Waals surface area (Å²) in [5.41, 5.74) is 0.618. The maximum Gasteiger partial charge on any atom is 0.254 e. The number of carbonyl (C=O) groups excluding carboxylic acids is 1. The second-order valence-corrected chi connectivity index (χ2v) is 3.73. The zero-order valence-corrected chi connectivity index (χ0v) is 10.3. The van der Waals surface area contributed by atoms with Gasteiger partial charge in [-0.1, -0.05) is 0 Å². The molecule has 1 N–H and O–H groups in total. The molecule has 1 aromatic heterocycles. The molecule has 0 bridgehead atoms. The van der Waals surface area contributed by atoms with Gasteiger partial charge in [-0.25, -0.2) is 14.4 Å². The van der Waals surface area contributed by atoms with Crippen molar-refractivity contribution in [1.82, 2.24) is 15.3 Å². The molecule has 0 aliphatic rings. The molecule has 6 heteroatoms. The first kappa shape index (κ1) is 12.9. The smallest absolute Gasteiger partial charge is 0.254 e. The van der Waals surface area contributed by atoms with Crippen molar-refractivity contribution in [2.45, 2.75) is 6.54 Å². The Balaban J connectivity index is 2.04. The van der Waals surface area contributed by atoms with Crippen LogP contribution < -0.4 is 10.1 Å². The van der Waals surface area contributed by atoms with Gasteiger partial charge in [0.15, 0.2) is 0 Å². The highest BCUT2D eigenvalue weighted by Gasteiger charge is 2.12. The Bertz CT molecular complexity index is 575. The molecule has 98 valence electrons. The number of rotatable bonds is 4. The Labute approximate surface area is 109 Å². The first-order valence-electron chi connectivity index (χ1n) is 5.57. The molecule has 19 heavy (non-hydrogen) atoms. The highest BCUT2D eigenvalue weighted by Crippen LogP contribution is 2.16. The van der Waals surface area contributed by atoms with Crippen molar-refractivity contribution in [3.63, 3.8) is 0 Å². The Kier molecular flexibility index (Phi) is 4.02. The molecule has 2 aromatic rings. The molecule has 1 aromatic carbocycles. The predicted octanol–water partition coefficient (Wildman–Crippen LogP) is 1.55. The number of benzene rings is 1. The normalized spacial score (nSPS) is 10.0. The molecular formula is C13H12FN3O2. The summed E-state index contributed by atoms with van der Waals surface area (Å²) in [6.45, 7) is 0.215. The molecule has 1 amide bonds. The third-order valence-corrected chi connectivity index (χ3v) is 2.49. The van der Waals surface area contributed by atoms with Crippen LogP contribution in [0, 0.1) is 5.82 Å². The average Bonchev–Trinajstić information content (AvgIpc) is 2.45. The van der Waals surface area contributed by atoms with E-state index in [4.69, 9.17) is 4.74 Å². The van der Waals surface area contributed by atoms with E-state index in [1.54, 1.807) is 12.3 Å². The summed E-state index contributed by atoms with van der Waals surface area (Å²) >= 11 is 0. The van der Waals surface area contributed by atoms with Gasteiger partial charge in [-0.15, -0.1) is 0 Å². The van der Waals surface area contributed by atoms with Gasteiger partial charge in [-0.05, 0) is 18.2 Å². The lowest BCUT2D eigenvalue weighted by Crippen LogP contribution is -2.24. The Morgan fingerprint density at radius 1 is 1.42 bits per heavy atom. The summed E-state index contributed by atoms with van der Waals surface area (Å²) in [7, 11) is 1.43. The van der Waals surface area contributed by atoms with E-state index >= 15 is 0 Å². The summed E-state index contributed by atoms with van der Waals surface area (Å²) in [6, 6.07) is 5.75. The van der Waals surface area contributed by atoms with Crippen LogP contribution in [0.3, 0.4) is 0 Å². The standard InChI is InChI=1S/C13H12FN3O2/c1-19-10-2-3-11(12(14)6-10)13(18)16-7-9-4-5-15-8-17-9/h2-6,8H,7H2,1H3,(H,16,18). The molecule has 0 saturated heterocycles. The molecule has 0 radical (unpaired) electrons. The molecular weight excluding hydrogens is 249 g/mol. The fourth-order valence-corrected chi connectivity index (χ4v) is 1.50. The van der Waals surface area contributed by atoms with E-state index in [0.717, 1.165) is 0 Å². The van der Waals surface area contributed by atoms with Gasteiger partial charge in [0.2, 0.25) is 0 Å². The number of hydrogen-bond acceptors (Lipinski definition) is 4. The molecule has 0 spiro atoms. The summed E-state index contributed by atoms with van der Waals surface area (Å²) in [5, 5.41) is 2.58. The third kappa shape index (κ3) is 3.25. The quantitative estimate of drug-likeness (QED) is 0.907. The maximum atomic E-state index is 13.6. The fourth-order valence-electron chi connectivity index (χ4n) is 1.50. The highest BCUT2D eigenvalue weighted by atomic mass is 19.1. The lowest BCUT2D eigenvalue weighted by molar-refractivity contribution is 0.0946. The van der Waals surface area contributed by atoms with Crippen molar-refractivity contribution < 1.29 is 13.9 Å². The van der Waals surface area contributed by atoms with Crippen molar-refractivity contribution in [3.8, 4) is 5.75 Å². The van der Waals surface area contributed by atoms with Gasteiger partial charge in [0.05, 0.1) is 24.9 Å². The van der Waals surface area contributed by atoms with Crippen LogP contribution in [0.2, 0.25) is 0 Å². The number of nitrogens with one attached hydrogen (secondary N) is 1. The van der Waals surface area contributed by atoms with Crippen molar-refractivity contribution in [2.75, 3.05) is 7.11 Å². The molecule has 0 aliphatic heterocycles. The number of nitrogens with zero attached hydrogens (tertiary/aromatic N) is 2. The second-order valence-electron chi connectivity index (χ2n) is 3.73. The SMILES string of the molecule is COc1ccc(C(=O)NCc2ccncn2)c(F)c1. The molecule has 0 saturated carbocycles. The monoisotopic (exact) mass is 261 g/mol. The molecule has 0 aliphatic carbocycles. The van der Waals surface area contributed by atoms with Crippen LogP contribution in [0.25, 0.3) is 0 Å². The minimum Gasteiger partial charge on any atom is -0.497 e. The van der Waals surface area contributed by atoms with E-state index in [0.29, 0.717) is 11.4 Å². The van der Waals surface area contributed by atoms with Crippen molar-refractivity contribution in [1.29, 1.82) is 0 Å². The van der Waals surface area contributed by atoms with Crippen LogP contribution in [-0.4, -0.2) is 23.0 Å². The van der Waals surface area contributed by atoms with Crippen LogP contribution in [0.5, 0.6) is 5.75 Å². The van der Waals surface area contributed by atoms with Gasteiger partial charge >= 0.3 is 0 Å². The van der Waals surface area contributed by atoms with E-state index in [-0.39, 0.29) is 12.1 Å². The van der Waals surface area contributed by atoms with Crippen LogP contribution >= 0.6 is 0 Å². The first-order chi connectivity index (χ1) is 9.20. The number of ether oxygens (including phenoxy) is 1. The lowest BCUT2D eigenvalue weighted by atomic mass is 10.2. The average molecular weight is 261 g/mol. The highest BCUT2D eigenvalue weighted by molar-refractivity contribution is 5.94. The van der Waals surface area contributed by atoms with Crippen LogP contribution in [0.15, 0.2) is 36.8 Å². The number of amides is 1. The van der Waals surface area contributed by atoms with Gasteiger partial charge in [-0.2, -0.15) is 0 Å². The zero-order chi connectivity index (χ0) is 13.7. The summed E-state index contributed by atoms with van der Waals surface area (Å²) in [6.07, 6.45) is 2.96. The number of hydrogen-bond donors (Lipinski definition) is 1. The first-order valence-corrected chi connectivity index (χ1v) is 5.57. The summed E-state index contributed by atoms with van der Waals surface area (Å²) < 4.78 is 18.5. The van der Waals surface area contributed by atoms with E-state index in [2.05, 4.69) is 15.3 Å². The molecule has 2 rings (SSSR count). The molecule has 0 atom stereocenters. The topological polar surface area (TPSA) is 64.1 Å². The molecule has 0 unspecified atom stereocenters. The number of methoxy groups -OCH3 is 1. The number of carbonyl (C=O) groups is 1. The minimum atomic E-state index is -0.625. The third-order valence-electron chi connectivity index (χ3n) is 2.49. The fraction of sp³-hybridized carbons (Fsp3) is 0.154.